The molecular weight excluding hydrogens is 156 g/mol. The van der Waals surface area contributed by atoms with Crippen LogP contribution >= 0.6 is 11.3 Å². The molecule has 1 heterocycles. The van der Waals surface area contributed by atoms with Crippen molar-refractivity contribution in [2.24, 2.45) is 0 Å². The third kappa shape index (κ3) is 1.03. The van der Waals surface area contributed by atoms with Gasteiger partial charge in [0.15, 0.2) is 5.75 Å². The maximum atomic E-state index is 10.2. The molecule has 0 bridgehead atoms. The van der Waals surface area contributed by atoms with E-state index in [0.29, 0.717) is 11.3 Å². The summed E-state index contributed by atoms with van der Waals surface area (Å²) >= 11 is 0.628. The summed E-state index contributed by atoms with van der Waals surface area (Å²) in [5.41, 5.74) is 0. The number of aromatic hydroxyl groups is 2. The van der Waals surface area contributed by atoms with Gasteiger partial charge in [-0.25, -0.2) is 4.79 Å². The van der Waals surface area contributed by atoms with Gasteiger partial charge < -0.3 is 15.3 Å². The van der Waals surface area contributed by atoms with Crippen molar-refractivity contribution < 1.29 is 20.1 Å². The van der Waals surface area contributed by atoms with E-state index in [1.54, 1.807) is 0 Å². The van der Waals surface area contributed by atoms with E-state index in [9.17, 15) is 4.79 Å². The largest absolute Gasteiger partial charge is 0.504 e. The van der Waals surface area contributed by atoms with Crippen LogP contribution in [-0.2, 0) is 0 Å². The molecule has 10 heavy (non-hydrogen) atoms. The van der Waals surface area contributed by atoms with Crippen molar-refractivity contribution in [3.05, 3.63) is 10.9 Å². The second-order valence-corrected chi connectivity index (χ2v) is 2.64. The number of thiophene rings is 1. The van der Waals surface area contributed by atoms with E-state index < -0.39 is 5.97 Å². The normalized spacial score (nSPS) is 9.60. The molecule has 0 aliphatic rings. The Kier molecular flexibility index (Phi) is 1.50. The quantitative estimate of drug-likeness (QED) is 0.569. The van der Waals surface area contributed by atoms with Crippen LogP contribution in [0.4, 0.5) is 0 Å². The zero-order chi connectivity index (χ0) is 7.72. The number of carboxylic acids is 1. The van der Waals surface area contributed by atoms with Crippen LogP contribution in [0.15, 0.2) is 6.07 Å². The fourth-order valence-electron chi connectivity index (χ4n) is 0.477. The molecule has 0 amide bonds. The van der Waals surface area contributed by atoms with Crippen molar-refractivity contribution in [1.82, 2.24) is 0 Å². The van der Waals surface area contributed by atoms with Gasteiger partial charge in [-0.2, -0.15) is 0 Å². The molecule has 0 saturated heterocycles. The zero-order valence-corrected chi connectivity index (χ0v) is 5.55. The van der Waals surface area contributed by atoms with Crippen LogP contribution in [0.25, 0.3) is 0 Å². The number of hydrogen-bond acceptors (Lipinski definition) is 4. The Bertz CT molecular complexity index is 245. The third-order valence-corrected chi connectivity index (χ3v) is 1.82. The van der Waals surface area contributed by atoms with Gasteiger partial charge in [-0.05, 0) is 0 Å². The first-order valence-corrected chi connectivity index (χ1v) is 3.18. The van der Waals surface area contributed by atoms with E-state index in [-0.39, 0.29) is 15.7 Å². The molecule has 0 aliphatic carbocycles. The van der Waals surface area contributed by atoms with Gasteiger partial charge in [-0.15, -0.1) is 0 Å². The van der Waals surface area contributed by atoms with Crippen molar-refractivity contribution >= 4 is 17.3 Å². The summed E-state index contributed by atoms with van der Waals surface area (Å²) in [6.45, 7) is 0. The summed E-state index contributed by atoms with van der Waals surface area (Å²) in [7, 11) is 0. The van der Waals surface area contributed by atoms with Crippen LogP contribution in [0.1, 0.15) is 9.67 Å². The molecule has 0 saturated carbocycles. The van der Waals surface area contributed by atoms with Crippen molar-refractivity contribution in [3.8, 4) is 10.8 Å². The summed E-state index contributed by atoms with van der Waals surface area (Å²) in [6.07, 6.45) is 0. The van der Waals surface area contributed by atoms with E-state index in [1.165, 1.54) is 0 Å². The van der Waals surface area contributed by atoms with Crippen LogP contribution in [0.3, 0.4) is 0 Å². The predicted octanol–water partition coefficient (Wildman–Crippen LogP) is 0.857. The van der Waals surface area contributed by atoms with Crippen LogP contribution in [-0.4, -0.2) is 21.3 Å². The molecule has 1 aromatic heterocycles. The average Bonchev–Trinajstić information content (AvgIpc) is 2.13. The minimum atomic E-state index is -1.15. The first-order chi connectivity index (χ1) is 4.61. The van der Waals surface area contributed by atoms with E-state index in [0.717, 1.165) is 6.07 Å². The topological polar surface area (TPSA) is 77.8 Å². The minimum absolute atomic E-state index is 0.0741. The van der Waals surface area contributed by atoms with Gasteiger partial charge in [0, 0.05) is 6.07 Å². The van der Waals surface area contributed by atoms with Gasteiger partial charge in [0.2, 0.25) is 5.06 Å². The molecule has 0 aromatic carbocycles. The fraction of sp³-hybridized carbons (Fsp3) is 0. The van der Waals surface area contributed by atoms with Crippen LogP contribution < -0.4 is 0 Å². The number of carboxylic acid groups (broad SMARTS) is 1. The number of carbonyl (C=O) groups is 1. The molecule has 5 heteroatoms. The molecule has 4 nitrogen and oxygen atoms in total. The van der Waals surface area contributed by atoms with Crippen LogP contribution in [0.2, 0.25) is 0 Å². The number of aromatic carboxylic acids is 1. The summed E-state index contributed by atoms with van der Waals surface area (Å²) in [6, 6.07) is 1.00. The van der Waals surface area contributed by atoms with Gasteiger partial charge in [0.1, 0.15) is 4.88 Å². The number of rotatable bonds is 1. The van der Waals surface area contributed by atoms with Crippen LogP contribution in [0.5, 0.6) is 10.8 Å². The van der Waals surface area contributed by atoms with E-state index in [2.05, 4.69) is 0 Å². The first-order valence-electron chi connectivity index (χ1n) is 2.36. The Labute approximate surface area is 60.0 Å². The van der Waals surface area contributed by atoms with Gasteiger partial charge in [0.25, 0.3) is 0 Å². The molecule has 0 fully saturated rings. The zero-order valence-electron chi connectivity index (χ0n) is 4.74. The van der Waals surface area contributed by atoms with E-state index >= 15 is 0 Å². The van der Waals surface area contributed by atoms with Gasteiger partial charge in [0.05, 0.1) is 0 Å². The number of hydrogen-bond donors (Lipinski definition) is 3. The fourth-order valence-corrected chi connectivity index (χ4v) is 1.11. The Hall–Kier alpha value is -1.23. The van der Waals surface area contributed by atoms with Crippen molar-refractivity contribution in [2.45, 2.75) is 0 Å². The summed E-state index contributed by atoms with van der Waals surface area (Å²) in [5, 5.41) is 25.3. The third-order valence-electron chi connectivity index (χ3n) is 0.904. The average molecular weight is 160 g/mol. The lowest BCUT2D eigenvalue weighted by atomic mass is 10.4. The summed E-state index contributed by atoms with van der Waals surface area (Å²) in [4.78, 5) is 10.1. The Morgan fingerprint density at radius 3 is 2.30 bits per heavy atom. The summed E-state index contributed by atoms with van der Waals surface area (Å²) in [5.74, 6) is -1.54. The van der Waals surface area contributed by atoms with E-state index in [4.69, 9.17) is 15.3 Å². The lowest BCUT2D eigenvalue weighted by Crippen LogP contribution is -1.89. The predicted molar refractivity (Wildman–Crippen MR) is 34.6 cm³/mol. The molecule has 1 rings (SSSR count). The molecule has 0 atom stereocenters. The monoisotopic (exact) mass is 160 g/mol. The Balaban J connectivity index is 3.10. The summed E-state index contributed by atoms with van der Waals surface area (Å²) < 4.78 is 0. The Morgan fingerprint density at radius 2 is 2.10 bits per heavy atom. The molecule has 1 aromatic rings. The van der Waals surface area contributed by atoms with Crippen LogP contribution in [0, 0.1) is 0 Å². The van der Waals surface area contributed by atoms with Gasteiger partial charge in [-0.3, -0.25) is 0 Å². The smallest absolute Gasteiger partial charge is 0.346 e. The molecule has 0 unspecified atom stereocenters. The molecular formula is C5H4O4S. The van der Waals surface area contributed by atoms with Crippen molar-refractivity contribution in [1.29, 1.82) is 0 Å². The van der Waals surface area contributed by atoms with Gasteiger partial charge in [-0.1, -0.05) is 11.3 Å². The lowest BCUT2D eigenvalue weighted by molar-refractivity contribution is 0.0702. The lowest BCUT2D eigenvalue weighted by Gasteiger charge is -1.79. The van der Waals surface area contributed by atoms with Gasteiger partial charge >= 0.3 is 5.97 Å². The highest BCUT2D eigenvalue weighted by atomic mass is 32.1. The second kappa shape index (κ2) is 2.18. The SMILES string of the molecule is O=C(O)c1cc(O)c(O)s1. The highest BCUT2D eigenvalue weighted by molar-refractivity contribution is 7.16. The maximum absolute atomic E-state index is 10.2. The molecule has 0 spiro atoms. The molecule has 0 radical (unpaired) electrons. The van der Waals surface area contributed by atoms with Crippen molar-refractivity contribution in [2.75, 3.05) is 0 Å². The highest BCUT2D eigenvalue weighted by Crippen LogP contribution is 2.34. The molecule has 0 aliphatic heterocycles. The Morgan fingerprint density at radius 1 is 1.50 bits per heavy atom. The first kappa shape index (κ1) is 6.88. The highest BCUT2D eigenvalue weighted by Gasteiger charge is 2.11. The molecule has 54 valence electrons. The second-order valence-electron chi connectivity index (χ2n) is 1.61. The van der Waals surface area contributed by atoms with Crippen molar-refractivity contribution in [3.63, 3.8) is 0 Å². The maximum Gasteiger partial charge on any atom is 0.346 e. The van der Waals surface area contributed by atoms with E-state index in [1.807, 2.05) is 0 Å². The standard InChI is InChI=1S/C5H4O4S/c6-2-1-3(4(7)8)10-5(2)9/h1,6,9H,(H,7,8). The molecule has 3 N–H and O–H groups in total. The minimum Gasteiger partial charge on any atom is -0.504 e.